The third kappa shape index (κ3) is 15.2. The summed E-state index contributed by atoms with van der Waals surface area (Å²) in [5.41, 5.74) is 17.5. The molecule has 0 fully saturated rings. The second-order valence-electron chi connectivity index (χ2n) is 13.2. The first kappa shape index (κ1) is 43.4. The number of phenols is 1. The highest BCUT2D eigenvalue weighted by Gasteiger charge is 2.34. The molecule has 0 aliphatic rings. The highest BCUT2D eigenvalue weighted by molar-refractivity contribution is 5.96. The van der Waals surface area contributed by atoms with Gasteiger partial charge in [-0.2, -0.15) is 0 Å². The van der Waals surface area contributed by atoms with Crippen LogP contribution in [0.4, 0.5) is 0 Å². The molecule has 19 heteroatoms. The lowest BCUT2D eigenvalue weighted by Crippen LogP contribution is -2.61. The number of hydrogen-bond acceptors (Lipinski definition) is 10. The maximum atomic E-state index is 13.9. The molecule has 19 nitrogen and oxygen atoms in total. The van der Waals surface area contributed by atoms with Crippen LogP contribution in [0.25, 0.3) is 0 Å². The van der Waals surface area contributed by atoms with E-state index < -0.39 is 77.5 Å². The number of nitrogens with two attached hydrogens (primary N) is 3. The molecule has 1 heterocycles. The Balaban J connectivity index is 2.32. The highest BCUT2D eigenvalue weighted by Crippen LogP contribution is 2.14. The maximum Gasteiger partial charge on any atom is 0.243 e. The van der Waals surface area contributed by atoms with Crippen LogP contribution in [-0.4, -0.2) is 107 Å². The molecule has 2 aromatic rings. The number of nitrogens with one attached hydrogen (secondary N) is 7. The van der Waals surface area contributed by atoms with Crippen molar-refractivity contribution < 1.29 is 33.9 Å². The summed E-state index contributed by atoms with van der Waals surface area (Å²) < 4.78 is 0. The van der Waals surface area contributed by atoms with Crippen molar-refractivity contribution in [3.8, 4) is 5.75 Å². The van der Waals surface area contributed by atoms with Crippen LogP contribution < -0.4 is 49.1 Å². The molecule has 0 aliphatic heterocycles. The number of nitrogens with zero attached hydrogens (tertiary/aromatic N) is 2. The Morgan fingerprint density at radius 2 is 1.34 bits per heavy atom. The Morgan fingerprint density at radius 1 is 0.774 bits per heavy atom. The van der Waals surface area contributed by atoms with Crippen LogP contribution in [-0.2, 0) is 41.6 Å². The average Bonchev–Trinajstić information content (AvgIpc) is 3.60. The van der Waals surface area contributed by atoms with E-state index in [4.69, 9.17) is 17.2 Å². The number of benzene rings is 1. The summed E-state index contributed by atoms with van der Waals surface area (Å²) in [6.07, 6.45) is 3.40. The monoisotopic (exact) mass is 742 g/mol. The number of imidazole rings is 1. The number of likely N-dealkylation sites (N-methyl/N-ethyl adjacent to an activating group) is 1. The number of carbonyl (C=O) groups is 6. The van der Waals surface area contributed by atoms with Crippen molar-refractivity contribution in [3.05, 3.63) is 48.0 Å². The van der Waals surface area contributed by atoms with Crippen molar-refractivity contribution in [1.82, 2.24) is 41.9 Å². The van der Waals surface area contributed by atoms with Crippen molar-refractivity contribution in [2.45, 2.75) is 83.6 Å². The molecule has 14 N–H and O–H groups in total. The van der Waals surface area contributed by atoms with Gasteiger partial charge in [0.05, 0.1) is 12.9 Å². The van der Waals surface area contributed by atoms with E-state index in [1.54, 1.807) is 46.9 Å². The Hall–Kier alpha value is -5.72. The van der Waals surface area contributed by atoms with E-state index in [-0.39, 0.29) is 44.1 Å². The molecule has 53 heavy (non-hydrogen) atoms. The number of aromatic hydroxyl groups is 1. The van der Waals surface area contributed by atoms with Crippen LogP contribution in [0, 0.1) is 11.8 Å². The fraction of sp³-hybridized carbons (Fsp3) is 0.529. The summed E-state index contributed by atoms with van der Waals surface area (Å²) in [6, 6.07) is 0.296. The Kier molecular flexibility index (Phi) is 17.7. The minimum Gasteiger partial charge on any atom is -0.508 e. The van der Waals surface area contributed by atoms with Crippen LogP contribution in [0.3, 0.4) is 0 Å². The number of aromatic amines is 1. The molecule has 292 valence electrons. The summed E-state index contributed by atoms with van der Waals surface area (Å²) in [7, 11) is 1.58. The predicted octanol–water partition coefficient (Wildman–Crippen LogP) is -2.61. The number of aromatic nitrogens is 2. The van der Waals surface area contributed by atoms with Crippen LogP contribution in [0.5, 0.6) is 5.75 Å². The van der Waals surface area contributed by atoms with Gasteiger partial charge in [0.15, 0.2) is 5.96 Å². The average molecular weight is 743 g/mol. The molecule has 0 saturated heterocycles. The van der Waals surface area contributed by atoms with E-state index in [0.29, 0.717) is 17.7 Å². The standard InChI is InChI=1S/C34H54N12O7/c1-18(2)27(32(52)43-24(29(35)49)14-21-15-39-17-41-21)46-31(51)25(13-20-8-10-22(47)11-9-20)44-33(53)28(19(3)4)45-30(50)23(42-26(48)16-38-5)7-6-12-40-34(36)37/h8-11,15,17-19,23-25,27-28,38,47H,6-7,12-14,16H2,1-5H3,(H2,35,49)(H,39,41)(H,42,48)(H,43,52)(H,44,53)(H,45,50)(H,46,51)(H4,36,37,40). The molecule has 1 aromatic carbocycles. The van der Waals surface area contributed by atoms with Gasteiger partial charge >= 0.3 is 0 Å². The Morgan fingerprint density at radius 3 is 1.83 bits per heavy atom. The Labute approximate surface area is 308 Å². The Bertz CT molecular complexity index is 1540. The number of guanidine groups is 1. The van der Waals surface area contributed by atoms with E-state index >= 15 is 0 Å². The van der Waals surface area contributed by atoms with Gasteiger partial charge in [-0.25, -0.2) is 4.98 Å². The summed E-state index contributed by atoms with van der Waals surface area (Å²) in [4.78, 5) is 90.0. The fourth-order valence-electron chi connectivity index (χ4n) is 5.19. The van der Waals surface area contributed by atoms with E-state index in [1.165, 1.54) is 24.7 Å². The fourth-order valence-corrected chi connectivity index (χ4v) is 5.19. The van der Waals surface area contributed by atoms with E-state index in [9.17, 15) is 33.9 Å². The highest BCUT2D eigenvalue weighted by atomic mass is 16.3. The predicted molar refractivity (Wildman–Crippen MR) is 196 cm³/mol. The van der Waals surface area contributed by atoms with Gasteiger partial charge in [0, 0.05) is 31.3 Å². The largest absolute Gasteiger partial charge is 0.508 e. The molecule has 0 spiro atoms. The van der Waals surface area contributed by atoms with Gasteiger partial charge in [-0.05, 0) is 49.4 Å². The van der Waals surface area contributed by atoms with E-state index in [2.05, 4.69) is 46.9 Å². The van der Waals surface area contributed by atoms with Gasteiger partial charge in [-0.1, -0.05) is 39.8 Å². The quantitative estimate of drug-likeness (QED) is 0.0337. The second kappa shape index (κ2) is 21.6. The van der Waals surface area contributed by atoms with E-state index in [1.807, 2.05) is 0 Å². The number of rotatable bonds is 22. The van der Waals surface area contributed by atoms with Crippen molar-refractivity contribution >= 4 is 41.4 Å². The minimum atomic E-state index is -1.26. The van der Waals surface area contributed by atoms with E-state index in [0.717, 1.165) is 0 Å². The molecule has 2 rings (SSSR count). The summed E-state index contributed by atoms with van der Waals surface area (Å²) in [5.74, 6) is -5.04. The van der Waals surface area contributed by atoms with Gasteiger partial charge in [-0.3, -0.25) is 33.8 Å². The molecular formula is C34H54N12O7. The second-order valence-corrected chi connectivity index (χ2v) is 13.2. The number of carbonyl (C=O) groups excluding carboxylic acids is 6. The first-order chi connectivity index (χ1) is 25.0. The van der Waals surface area contributed by atoms with Crippen molar-refractivity contribution in [2.75, 3.05) is 20.1 Å². The number of aliphatic imine (C=N–C) groups is 1. The number of primary amides is 1. The van der Waals surface area contributed by atoms with Crippen molar-refractivity contribution in [3.63, 3.8) is 0 Å². The molecule has 0 bridgehead atoms. The number of hydrogen-bond donors (Lipinski definition) is 11. The van der Waals surface area contributed by atoms with Gasteiger partial charge in [-0.15, -0.1) is 0 Å². The normalized spacial score (nSPS) is 13.9. The SMILES string of the molecule is CNCC(=O)NC(CCCN=C(N)N)C(=O)NC(C(=O)NC(Cc1ccc(O)cc1)C(=O)NC(C(=O)NC(Cc1cnc[nH]1)C(N)=O)C(C)C)C(C)C. The van der Waals surface area contributed by atoms with Crippen molar-refractivity contribution in [2.24, 2.45) is 34.0 Å². The van der Waals surface area contributed by atoms with Gasteiger partial charge < -0.3 is 59.2 Å². The lowest BCUT2D eigenvalue weighted by atomic mass is 9.98. The maximum absolute atomic E-state index is 13.9. The third-order valence-electron chi connectivity index (χ3n) is 8.08. The molecule has 0 radical (unpaired) electrons. The van der Waals surface area contributed by atoms with Crippen LogP contribution in [0.2, 0.25) is 0 Å². The number of phenolic OH excluding ortho intramolecular Hbond substituents is 1. The number of amides is 6. The number of H-pyrrole nitrogens is 1. The molecular weight excluding hydrogens is 688 g/mol. The molecule has 0 aliphatic carbocycles. The zero-order valence-electron chi connectivity index (χ0n) is 30.8. The molecule has 6 amide bonds. The summed E-state index contributed by atoms with van der Waals surface area (Å²) >= 11 is 0. The first-order valence-electron chi connectivity index (χ1n) is 17.3. The molecule has 1 aromatic heterocycles. The summed E-state index contributed by atoms with van der Waals surface area (Å²) in [6.45, 7) is 6.94. The van der Waals surface area contributed by atoms with Crippen LogP contribution in [0.15, 0.2) is 41.8 Å². The van der Waals surface area contributed by atoms with Crippen molar-refractivity contribution in [1.29, 1.82) is 0 Å². The lowest BCUT2D eigenvalue weighted by Gasteiger charge is -2.29. The smallest absolute Gasteiger partial charge is 0.243 e. The lowest BCUT2D eigenvalue weighted by molar-refractivity contribution is -0.136. The van der Waals surface area contributed by atoms with Gasteiger partial charge in [0.1, 0.15) is 36.0 Å². The van der Waals surface area contributed by atoms with Crippen LogP contribution >= 0.6 is 0 Å². The minimum absolute atomic E-state index is 0.00768. The molecule has 0 saturated carbocycles. The van der Waals surface area contributed by atoms with Gasteiger partial charge in [0.2, 0.25) is 35.4 Å². The zero-order chi connectivity index (χ0) is 39.7. The van der Waals surface area contributed by atoms with Gasteiger partial charge in [0.25, 0.3) is 0 Å². The summed E-state index contributed by atoms with van der Waals surface area (Å²) in [5, 5.41) is 25.9. The third-order valence-corrected chi connectivity index (χ3v) is 8.08. The van der Waals surface area contributed by atoms with Crippen LogP contribution in [0.1, 0.15) is 51.8 Å². The zero-order valence-corrected chi connectivity index (χ0v) is 30.8. The molecule has 5 atom stereocenters. The first-order valence-corrected chi connectivity index (χ1v) is 17.3. The topological polar surface area (TPSA) is 314 Å². The molecule has 5 unspecified atom stereocenters.